The maximum Gasteiger partial charge on any atom is 0.279 e. The predicted molar refractivity (Wildman–Crippen MR) is 74.1 cm³/mol. The Bertz CT molecular complexity index is 307. The summed E-state index contributed by atoms with van der Waals surface area (Å²) in [6.07, 6.45) is 2.81. The van der Waals surface area contributed by atoms with Gasteiger partial charge in [0.25, 0.3) is 10.2 Å². The molecular weight excluding hydrogens is 278 g/mol. The second-order valence-corrected chi connectivity index (χ2v) is 5.91. The zero-order chi connectivity index (χ0) is 12.7. The van der Waals surface area contributed by atoms with E-state index in [0.717, 1.165) is 19.3 Å². The molecule has 0 aromatic heterocycles. The molecule has 8 heteroatoms. The number of nitrogens with two attached hydrogens (primary N) is 1. The van der Waals surface area contributed by atoms with Crippen molar-refractivity contribution in [1.29, 1.82) is 0 Å². The fraction of sp³-hybridized carbons (Fsp3) is 1.00. The lowest BCUT2D eigenvalue weighted by molar-refractivity contribution is 0.0723. The quantitative estimate of drug-likeness (QED) is 0.698. The molecule has 0 aliphatic carbocycles. The molecule has 1 rings (SSSR count). The van der Waals surface area contributed by atoms with Crippen molar-refractivity contribution in [2.75, 3.05) is 32.8 Å². The van der Waals surface area contributed by atoms with Crippen molar-refractivity contribution in [1.82, 2.24) is 9.03 Å². The van der Waals surface area contributed by atoms with Gasteiger partial charge in [-0.2, -0.15) is 17.4 Å². The number of hydrogen-bond donors (Lipinski definition) is 2. The summed E-state index contributed by atoms with van der Waals surface area (Å²) in [6, 6.07) is -0.164. The first-order chi connectivity index (χ1) is 8.10. The molecule has 18 heavy (non-hydrogen) atoms. The molecule has 110 valence electrons. The monoisotopic (exact) mass is 301 g/mol. The fourth-order valence-electron chi connectivity index (χ4n) is 1.75. The zero-order valence-corrected chi connectivity index (χ0v) is 12.4. The Kier molecular flexibility index (Phi) is 9.10. The van der Waals surface area contributed by atoms with Gasteiger partial charge in [0.05, 0.1) is 13.2 Å². The molecule has 0 spiro atoms. The van der Waals surface area contributed by atoms with Crippen molar-refractivity contribution < 1.29 is 13.2 Å². The van der Waals surface area contributed by atoms with Crippen LogP contribution in [0.5, 0.6) is 0 Å². The molecule has 0 saturated carbocycles. The molecule has 1 fully saturated rings. The lowest BCUT2D eigenvalue weighted by Gasteiger charge is -2.28. The molecule has 0 aromatic carbocycles. The van der Waals surface area contributed by atoms with Gasteiger partial charge in [-0.3, -0.25) is 0 Å². The van der Waals surface area contributed by atoms with E-state index in [4.69, 9.17) is 10.5 Å². The topological polar surface area (TPSA) is 84.7 Å². The lowest BCUT2D eigenvalue weighted by Crippen LogP contribution is -2.51. The van der Waals surface area contributed by atoms with Crippen molar-refractivity contribution >= 4 is 22.6 Å². The van der Waals surface area contributed by atoms with Crippen LogP contribution in [-0.2, 0) is 14.9 Å². The van der Waals surface area contributed by atoms with Crippen LogP contribution in [0.3, 0.4) is 0 Å². The first-order valence-corrected chi connectivity index (χ1v) is 7.59. The second-order valence-electron chi connectivity index (χ2n) is 4.21. The zero-order valence-electron chi connectivity index (χ0n) is 10.8. The molecule has 1 saturated heterocycles. The highest BCUT2D eigenvalue weighted by molar-refractivity contribution is 7.87. The Hall–Kier alpha value is 0.0800. The Morgan fingerprint density at radius 3 is 2.50 bits per heavy atom. The fourth-order valence-corrected chi connectivity index (χ4v) is 3.16. The average Bonchev–Trinajstić information content (AvgIpc) is 2.35. The molecule has 6 nitrogen and oxygen atoms in total. The summed E-state index contributed by atoms with van der Waals surface area (Å²) >= 11 is 0. The smallest absolute Gasteiger partial charge is 0.279 e. The van der Waals surface area contributed by atoms with Crippen LogP contribution >= 0.6 is 12.4 Å². The molecule has 1 unspecified atom stereocenters. The number of ether oxygens (including phenoxy) is 1. The minimum atomic E-state index is -3.40. The van der Waals surface area contributed by atoms with Gasteiger partial charge in [0.1, 0.15) is 0 Å². The highest BCUT2D eigenvalue weighted by Gasteiger charge is 2.26. The van der Waals surface area contributed by atoms with Crippen LogP contribution in [0.1, 0.15) is 26.2 Å². The minimum absolute atomic E-state index is 0. The van der Waals surface area contributed by atoms with Crippen LogP contribution in [0.15, 0.2) is 0 Å². The lowest BCUT2D eigenvalue weighted by atomic mass is 10.1. The second kappa shape index (κ2) is 9.06. The van der Waals surface area contributed by atoms with Crippen LogP contribution in [-0.4, -0.2) is 51.6 Å². The summed E-state index contributed by atoms with van der Waals surface area (Å²) in [7, 11) is -3.40. The van der Waals surface area contributed by atoms with Gasteiger partial charge in [-0.1, -0.05) is 19.8 Å². The van der Waals surface area contributed by atoms with E-state index in [0.29, 0.717) is 32.8 Å². The standard InChI is InChI=1S/C10H23N3O3S.ClH/c1-2-3-4-10(9-11)12-17(14,15)13-5-7-16-8-6-13;/h10,12H,2-9,11H2,1H3;1H. The molecule has 1 heterocycles. The van der Waals surface area contributed by atoms with Crippen LogP contribution < -0.4 is 10.5 Å². The first-order valence-electron chi connectivity index (χ1n) is 6.15. The number of hydrogen-bond acceptors (Lipinski definition) is 4. The van der Waals surface area contributed by atoms with Gasteiger partial charge in [0.15, 0.2) is 0 Å². The minimum Gasteiger partial charge on any atom is -0.379 e. The molecule has 1 atom stereocenters. The van der Waals surface area contributed by atoms with E-state index in [2.05, 4.69) is 11.6 Å². The van der Waals surface area contributed by atoms with E-state index in [9.17, 15) is 8.42 Å². The van der Waals surface area contributed by atoms with Crippen molar-refractivity contribution in [2.24, 2.45) is 5.73 Å². The van der Waals surface area contributed by atoms with Crippen LogP contribution in [0.2, 0.25) is 0 Å². The highest BCUT2D eigenvalue weighted by atomic mass is 35.5. The van der Waals surface area contributed by atoms with Gasteiger partial charge in [-0.05, 0) is 6.42 Å². The predicted octanol–water partition coefficient (Wildman–Crippen LogP) is 0.0923. The van der Waals surface area contributed by atoms with E-state index in [1.807, 2.05) is 0 Å². The van der Waals surface area contributed by atoms with Gasteiger partial charge in [0.2, 0.25) is 0 Å². The van der Waals surface area contributed by atoms with E-state index < -0.39 is 10.2 Å². The molecule has 0 bridgehead atoms. The Balaban J connectivity index is 0.00000289. The molecule has 0 radical (unpaired) electrons. The molecular formula is C10H24ClN3O3S. The third-order valence-electron chi connectivity index (χ3n) is 2.82. The van der Waals surface area contributed by atoms with Crippen molar-refractivity contribution in [3.63, 3.8) is 0 Å². The molecule has 1 aliphatic heterocycles. The Labute approximate surface area is 116 Å². The van der Waals surface area contributed by atoms with Crippen LogP contribution in [0.4, 0.5) is 0 Å². The summed E-state index contributed by atoms with van der Waals surface area (Å²) in [4.78, 5) is 0. The molecule has 0 amide bonds. The maximum atomic E-state index is 12.0. The summed E-state index contributed by atoms with van der Waals surface area (Å²) in [6.45, 7) is 4.17. The molecule has 0 aromatic rings. The molecule has 3 N–H and O–H groups in total. The average molecular weight is 302 g/mol. The van der Waals surface area contributed by atoms with Gasteiger partial charge in [-0.15, -0.1) is 12.4 Å². The first kappa shape index (κ1) is 18.1. The van der Waals surface area contributed by atoms with Gasteiger partial charge < -0.3 is 10.5 Å². The van der Waals surface area contributed by atoms with Crippen molar-refractivity contribution in [3.05, 3.63) is 0 Å². The number of nitrogens with zero attached hydrogens (tertiary/aromatic N) is 1. The van der Waals surface area contributed by atoms with Gasteiger partial charge in [-0.25, -0.2) is 0 Å². The van der Waals surface area contributed by atoms with E-state index in [1.54, 1.807) is 0 Å². The number of rotatable bonds is 7. The third kappa shape index (κ3) is 5.81. The van der Waals surface area contributed by atoms with E-state index in [1.165, 1.54) is 4.31 Å². The summed E-state index contributed by atoms with van der Waals surface area (Å²) in [5.74, 6) is 0. The summed E-state index contributed by atoms with van der Waals surface area (Å²) in [5, 5.41) is 0. The third-order valence-corrected chi connectivity index (χ3v) is 4.49. The van der Waals surface area contributed by atoms with Crippen molar-refractivity contribution in [2.45, 2.75) is 32.2 Å². The largest absolute Gasteiger partial charge is 0.379 e. The van der Waals surface area contributed by atoms with E-state index >= 15 is 0 Å². The van der Waals surface area contributed by atoms with Crippen LogP contribution in [0, 0.1) is 0 Å². The maximum absolute atomic E-state index is 12.0. The summed E-state index contributed by atoms with van der Waals surface area (Å²) < 4.78 is 33.3. The SMILES string of the molecule is CCCCC(CN)NS(=O)(=O)N1CCOCC1.Cl. The number of unbranched alkanes of at least 4 members (excludes halogenated alkanes) is 1. The van der Waals surface area contributed by atoms with Crippen LogP contribution in [0.25, 0.3) is 0 Å². The van der Waals surface area contributed by atoms with Gasteiger partial charge in [0, 0.05) is 25.7 Å². The number of nitrogens with one attached hydrogen (secondary N) is 1. The number of halogens is 1. The molecule has 1 aliphatic rings. The number of morpholine rings is 1. The normalized spacial score (nSPS) is 19.2. The Morgan fingerprint density at radius 2 is 2.00 bits per heavy atom. The van der Waals surface area contributed by atoms with Crippen molar-refractivity contribution in [3.8, 4) is 0 Å². The van der Waals surface area contributed by atoms with Gasteiger partial charge >= 0.3 is 0 Å². The van der Waals surface area contributed by atoms with E-state index in [-0.39, 0.29) is 18.4 Å². The summed E-state index contributed by atoms with van der Waals surface area (Å²) in [5.41, 5.74) is 5.58. The Morgan fingerprint density at radius 1 is 1.39 bits per heavy atom. The highest BCUT2D eigenvalue weighted by Crippen LogP contribution is 2.06.